The molecule has 0 saturated carbocycles. The number of nitrogens with zero attached hydrogens (tertiary/aromatic N) is 3. The van der Waals surface area contributed by atoms with Gasteiger partial charge in [-0.1, -0.05) is 54.6 Å². The molecule has 0 aliphatic heterocycles. The van der Waals surface area contributed by atoms with Crippen molar-refractivity contribution in [1.82, 2.24) is 20.2 Å². The molecule has 0 fully saturated rings. The van der Waals surface area contributed by atoms with Crippen LogP contribution in [0.4, 0.5) is 0 Å². The van der Waals surface area contributed by atoms with E-state index in [9.17, 15) is 0 Å². The first-order valence-electron chi connectivity index (χ1n) is 10.4. The highest BCUT2D eigenvalue weighted by atomic mass is 16.5. The van der Waals surface area contributed by atoms with Crippen LogP contribution in [0.1, 0.15) is 22.6 Å². The molecule has 32 heavy (non-hydrogen) atoms. The normalized spacial score (nSPS) is 10.9. The molecule has 0 spiro atoms. The SMILES string of the molecule is c1cc(OCc2ccc3ccccc3n2)cc(OCc2ccccc2Cc2ncn[nH]2)c1. The molecule has 2 heterocycles. The van der Waals surface area contributed by atoms with Crippen molar-refractivity contribution >= 4 is 10.9 Å². The summed E-state index contributed by atoms with van der Waals surface area (Å²) >= 11 is 0. The third-order valence-electron chi connectivity index (χ3n) is 5.18. The lowest BCUT2D eigenvalue weighted by Crippen LogP contribution is -2.02. The van der Waals surface area contributed by atoms with Crippen molar-refractivity contribution < 1.29 is 9.47 Å². The van der Waals surface area contributed by atoms with Gasteiger partial charge in [0.1, 0.15) is 36.9 Å². The van der Waals surface area contributed by atoms with E-state index in [4.69, 9.17) is 9.47 Å². The largest absolute Gasteiger partial charge is 0.489 e. The minimum atomic E-state index is 0.397. The first kappa shape index (κ1) is 19.8. The van der Waals surface area contributed by atoms with Gasteiger partial charge in [-0.15, -0.1) is 0 Å². The number of hydrogen-bond donors (Lipinski definition) is 1. The molecule has 0 unspecified atom stereocenters. The molecule has 0 atom stereocenters. The number of aromatic amines is 1. The summed E-state index contributed by atoms with van der Waals surface area (Å²) in [7, 11) is 0. The molecule has 0 amide bonds. The monoisotopic (exact) mass is 422 g/mol. The molecule has 3 aromatic carbocycles. The molecule has 0 radical (unpaired) electrons. The number of fused-ring (bicyclic) bond motifs is 1. The average Bonchev–Trinajstić information content (AvgIpc) is 3.35. The number of H-pyrrole nitrogens is 1. The van der Waals surface area contributed by atoms with E-state index in [1.165, 1.54) is 6.33 Å². The maximum atomic E-state index is 6.06. The maximum absolute atomic E-state index is 6.06. The average molecular weight is 422 g/mol. The minimum Gasteiger partial charge on any atom is -0.489 e. The number of aromatic nitrogens is 4. The zero-order valence-electron chi connectivity index (χ0n) is 17.4. The lowest BCUT2D eigenvalue weighted by Gasteiger charge is -2.12. The number of benzene rings is 3. The van der Waals surface area contributed by atoms with Gasteiger partial charge in [-0.25, -0.2) is 9.97 Å². The standard InChI is InChI=1S/C26H22N4O2/c1-2-8-21(20(7-1)14-26-27-18-28-30-26)16-31-23-9-5-10-24(15-23)32-17-22-13-12-19-6-3-4-11-25(19)29-22/h1-13,15,18H,14,16-17H2,(H,27,28,30). The Hall–Kier alpha value is -4.19. The van der Waals surface area contributed by atoms with E-state index in [0.717, 1.165) is 45.0 Å². The third kappa shape index (κ3) is 4.75. The highest BCUT2D eigenvalue weighted by Crippen LogP contribution is 2.23. The summed E-state index contributed by atoms with van der Waals surface area (Å²) in [4.78, 5) is 8.88. The fraction of sp³-hybridized carbons (Fsp3) is 0.115. The number of rotatable bonds is 8. The summed E-state index contributed by atoms with van der Waals surface area (Å²) in [5.74, 6) is 2.32. The van der Waals surface area contributed by atoms with Crippen molar-refractivity contribution in [3.8, 4) is 11.5 Å². The van der Waals surface area contributed by atoms with Gasteiger partial charge in [0.2, 0.25) is 0 Å². The van der Waals surface area contributed by atoms with Crippen LogP contribution in [0.3, 0.4) is 0 Å². The Morgan fingerprint density at radius 2 is 1.50 bits per heavy atom. The second-order valence-electron chi connectivity index (χ2n) is 7.43. The molecule has 0 aliphatic carbocycles. The zero-order chi connectivity index (χ0) is 21.6. The highest BCUT2D eigenvalue weighted by molar-refractivity contribution is 5.78. The Morgan fingerprint density at radius 3 is 2.34 bits per heavy atom. The van der Waals surface area contributed by atoms with Crippen LogP contribution in [-0.4, -0.2) is 20.2 Å². The predicted octanol–water partition coefficient (Wildman–Crippen LogP) is 5.10. The summed E-state index contributed by atoms with van der Waals surface area (Å²) in [6.07, 6.45) is 2.20. The van der Waals surface area contributed by atoms with Crippen molar-refractivity contribution in [3.05, 3.63) is 114 Å². The van der Waals surface area contributed by atoms with E-state index < -0.39 is 0 Å². The van der Waals surface area contributed by atoms with Crippen LogP contribution < -0.4 is 9.47 Å². The zero-order valence-corrected chi connectivity index (χ0v) is 17.4. The van der Waals surface area contributed by atoms with Crippen LogP contribution in [-0.2, 0) is 19.6 Å². The summed E-state index contributed by atoms with van der Waals surface area (Å²) in [6.45, 7) is 0.855. The van der Waals surface area contributed by atoms with E-state index >= 15 is 0 Å². The topological polar surface area (TPSA) is 72.9 Å². The smallest absolute Gasteiger partial charge is 0.137 e. The predicted molar refractivity (Wildman–Crippen MR) is 122 cm³/mol. The summed E-state index contributed by atoms with van der Waals surface area (Å²) in [6, 6.07) is 28.0. The second-order valence-corrected chi connectivity index (χ2v) is 7.43. The molecule has 0 aliphatic rings. The van der Waals surface area contributed by atoms with Gasteiger partial charge in [0.05, 0.1) is 11.2 Å². The van der Waals surface area contributed by atoms with Crippen molar-refractivity contribution in [2.24, 2.45) is 0 Å². The Labute approximate surface area is 185 Å². The van der Waals surface area contributed by atoms with Gasteiger partial charge in [-0.2, -0.15) is 5.10 Å². The van der Waals surface area contributed by atoms with E-state index in [1.807, 2.05) is 60.7 Å². The molecule has 1 N–H and O–H groups in total. The molecule has 158 valence electrons. The molecule has 2 aromatic heterocycles. The molecular formula is C26H22N4O2. The van der Waals surface area contributed by atoms with Gasteiger partial charge >= 0.3 is 0 Å². The van der Waals surface area contributed by atoms with Gasteiger partial charge in [0, 0.05) is 17.9 Å². The van der Waals surface area contributed by atoms with Gasteiger partial charge in [-0.05, 0) is 35.4 Å². The van der Waals surface area contributed by atoms with Crippen LogP contribution >= 0.6 is 0 Å². The molecule has 0 bridgehead atoms. The highest BCUT2D eigenvalue weighted by Gasteiger charge is 2.07. The molecule has 0 saturated heterocycles. The van der Waals surface area contributed by atoms with Crippen molar-refractivity contribution in [2.45, 2.75) is 19.6 Å². The number of para-hydroxylation sites is 1. The first-order chi connectivity index (χ1) is 15.8. The Kier molecular flexibility index (Phi) is 5.74. The van der Waals surface area contributed by atoms with Crippen LogP contribution in [0.5, 0.6) is 11.5 Å². The summed E-state index contributed by atoms with van der Waals surface area (Å²) in [5, 5.41) is 7.95. The second kappa shape index (κ2) is 9.31. The van der Waals surface area contributed by atoms with Gasteiger partial charge in [-0.3, -0.25) is 5.10 Å². The number of ether oxygens (including phenoxy) is 2. The molecule has 6 nitrogen and oxygen atoms in total. The van der Waals surface area contributed by atoms with Crippen molar-refractivity contribution in [2.75, 3.05) is 0 Å². The van der Waals surface area contributed by atoms with Crippen LogP contribution in [0.25, 0.3) is 10.9 Å². The van der Waals surface area contributed by atoms with Crippen molar-refractivity contribution in [3.63, 3.8) is 0 Å². The van der Waals surface area contributed by atoms with E-state index in [-0.39, 0.29) is 0 Å². The van der Waals surface area contributed by atoms with E-state index in [1.54, 1.807) is 0 Å². The van der Waals surface area contributed by atoms with Crippen LogP contribution in [0.15, 0.2) is 91.3 Å². The Balaban J connectivity index is 1.23. The number of nitrogens with one attached hydrogen (secondary N) is 1. The van der Waals surface area contributed by atoms with Crippen LogP contribution in [0, 0.1) is 0 Å². The van der Waals surface area contributed by atoms with E-state index in [2.05, 4.69) is 44.4 Å². The summed E-state index contributed by atoms with van der Waals surface area (Å²) < 4.78 is 12.0. The molecule has 5 aromatic rings. The fourth-order valence-corrected chi connectivity index (χ4v) is 3.53. The van der Waals surface area contributed by atoms with Crippen LogP contribution in [0.2, 0.25) is 0 Å². The number of pyridine rings is 1. The summed E-state index contributed by atoms with van der Waals surface area (Å²) in [5.41, 5.74) is 4.11. The van der Waals surface area contributed by atoms with Gasteiger partial charge < -0.3 is 9.47 Å². The Bertz CT molecular complexity index is 1320. The Morgan fingerprint density at radius 1 is 0.719 bits per heavy atom. The fourth-order valence-electron chi connectivity index (χ4n) is 3.53. The molecule has 6 heteroatoms. The first-order valence-corrected chi connectivity index (χ1v) is 10.4. The lowest BCUT2D eigenvalue weighted by atomic mass is 10.1. The molecule has 5 rings (SSSR count). The third-order valence-corrected chi connectivity index (χ3v) is 5.18. The maximum Gasteiger partial charge on any atom is 0.137 e. The van der Waals surface area contributed by atoms with Gasteiger partial charge in [0.25, 0.3) is 0 Å². The number of hydrogen-bond acceptors (Lipinski definition) is 5. The molecular weight excluding hydrogens is 400 g/mol. The van der Waals surface area contributed by atoms with Gasteiger partial charge in [0.15, 0.2) is 0 Å². The van der Waals surface area contributed by atoms with E-state index in [0.29, 0.717) is 19.6 Å². The van der Waals surface area contributed by atoms with Crippen molar-refractivity contribution in [1.29, 1.82) is 0 Å². The minimum absolute atomic E-state index is 0.397. The lowest BCUT2D eigenvalue weighted by molar-refractivity contribution is 0.287. The quantitative estimate of drug-likeness (QED) is 0.377.